The maximum absolute atomic E-state index is 13.9. The van der Waals surface area contributed by atoms with Gasteiger partial charge in [-0.05, 0) is 44.1 Å². The first-order chi connectivity index (χ1) is 17.6. The summed E-state index contributed by atoms with van der Waals surface area (Å²) in [5.41, 5.74) is 2.68. The first-order valence-corrected chi connectivity index (χ1v) is 11.7. The Labute approximate surface area is 209 Å². The quantitative estimate of drug-likeness (QED) is 0.464. The highest BCUT2D eigenvalue weighted by Crippen LogP contribution is 2.36. The van der Waals surface area contributed by atoms with Crippen molar-refractivity contribution < 1.29 is 27.1 Å². The second-order valence-corrected chi connectivity index (χ2v) is 9.13. The number of carbonyl (C=O) groups is 1. The van der Waals surface area contributed by atoms with E-state index in [0.717, 1.165) is 22.4 Å². The van der Waals surface area contributed by atoms with E-state index in [1.54, 1.807) is 18.5 Å². The highest BCUT2D eigenvalue weighted by atomic mass is 19.4. The van der Waals surface area contributed by atoms with Gasteiger partial charge in [0.1, 0.15) is 29.9 Å². The van der Waals surface area contributed by atoms with Crippen LogP contribution in [0.25, 0.3) is 16.9 Å². The molecule has 0 N–H and O–H groups in total. The zero-order chi connectivity index (χ0) is 26.3. The number of likely N-dealkylation sites (tertiary alicyclic amines) is 1. The second-order valence-electron chi connectivity index (χ2n) is 9.13. The number of fused-ring (bicyclic) bond motifs is 1. The van der Waals surface area contributed by atoms with Crippen LogP contribution in [0.15, 0.2) is 61.0 Å². The van der Waals surface area contributed by atoms with E-state index in [-0.39, 0.29) is 6.42 Å². The monoisotopic (exact) mass is 516 g/mol. The van der Waals surface area contributed by atoms with E-state index in [1.165, 1.54) is 30.1 Å². The number of halogens is 4. The van der Waals surface area contributed by atoms with Crippen LogP contribution in [0, 0.1) is 12.8 Å². The van der Waals surface area contributed by atoms with Crippen LogP contribution in [0.2, 0.25) is 0 Å². The topological polar surface area (TPSA) is 78.1 Å². The van der Waals surface area contributed by atoms with Crippen LogP contribution in [0.3, 0.4) is 0 Å². The molecule has 3 atom stereocenters. The molecule has 1 saturated heterocycles. The number of hydrogen-bond donors (Lipinski definition) is 0. The molecule has 12 heteroatoms. The van der Waals surface area contributed by atoms with Crippen molar-refractivity contribution in [3.05, 3.63) is 66.7 Å². The van der Waals surface area contributed by atoms with Crippen LogP contribution in [0.1, 0.15) is 24.6 Å². The van der Waals surface area contributed by atoms with Crippen LogP contribution in [0.5, 0.6) is 5.75 Å². The molecule has 1 aliphatic heterocycles. The number of amides is 1. The van der Waals surface area contributed by atoms with Crippen molar-refractivity contribution >= 4 is 5.91 Å². The number of benzene rings is 1. The number of aromatic nitrogens is 5. The molecule has 0 spiro atoms. The van der Waals surface area contributed by atoms with Gasteiger partial charge < -0.3 is 14.2 Å². The number of nitrogens with zero attached hydrogens (tertiary/aromatic N) is 6. The van der Waals surface area contributed by atoms with Crippen LogP contribution in [-0.2, 0) is 4.79 Å². The first kappa shape index (κ1) is 24.7. The summed E-state index contributed by atoms with van der Waals surface area (Å²) in [7, 11) is 1.54. The molecule has 3 aromatic rings. The fourth-order valence-electron chi connectivity index (χ4n) is 4.88. The molecule has 1 aromatic carbocycles. The Balaban J connectivity index is 1.45. The second kappa shape index (κ2) is 9.49. The largest absolute Gasteiger partial charge is 0.495 e. The number of imidazole rings is 1. The molecule has 1 fully saturated rings. The van der Waals surface area contributed by atoms with Crippen molar-refractivity contribution in [3.8, 4) is 22.7 Å². The molecule has 0 radical (unpaired) electrons. The fraction of sp³-hybridized carbons (Fsp3) is 0.360. The molecule has 0 bridgehead atoms. The van der Waals surface area contributed by atoms with E-state index >= 15 is 0 Å². The minimum atomic E-state index is -4.61. The molecule has 3 heterocycles. The number of carbonyl (C=O) groups excluding carboxylic acids is 1. The Morgan fingerprint density at radius 2 is 2.00 bits per heavy atom. The Kier molecular flexibility index (Phi) is 6.34. The van der Waals surface area contributed by atoms with Gasteiger partial charge in [0.25, 0.3) is 0 Å². The van der Waals surface area contributed by atoms with E-state index < -0.39 is 42.5 Å². The van der Waals surface area contributed by atoms with Crippen LogP contribution < -0.4 is 4.74 Å². The van der Waals surface area contributed by atoms with Crippen molar-refractivity contribution in [2.24, 2.45) is 5.92 Å². The average molecular weight is 516 g/mol. The predicted molar refractivity (Wildman–Crippen MR) is 126 cm³/mol. The Bertz CT molecular complexity index is 1380. The minimum Gasteiger partial charge on any atom is -0.495 e. The number of ether oxygens (including phenoxy) is 1. The maximum atomic E-state index is 13.9. The van der Waals surface area contributed by atoms with Gasteiger partial charge in [0, 0.05) is 17.7 Å². The summed E-state index contributed by atoms with van der Waals surface area (Å²) in [6.45, 7) is 0.440. The molecule has 37 heavy (non-hydrogen) atoms. The lowest BCUT2D eigenvalue weighted by Gasteiger charge is -2.34. The third kappa shape index (κ3) is 5.00. The lowest BCUT2D eigenvalue weighted by molar-refractivity contribution is -0.166. The Morgan fingerprint density at radius 1 is 1.19 bits per heavy atom. The van der Waals surface area contributed by atoms with Gasteiger partial charge in [0.05, 0.1) is 37.1 Å². The zero-order valence-electron chi connectivity index (χ0n) is 20.1. The molecular weight excluding hydrogens is 492 g/mol. The Hall–Kier alpha value is -3.96. The molecule has 3 unspecified atom stereocenters. The van der Waals surface area contributed by atoms with Crippen LogP contribution >= 0.6 is 0 Å². The molecule has 194 valence electrons. The standard InChI is InChI=1S/C25H24F4N6O2/c1-15-11-33(14-30-15)21-6-3-16(10-23(21)37-2)19-12-35(32-31-19)22-7-4-17-9-18(26)5-8-20(17)34(24(22)36)13-25(27,28)29/h3,5-6,8-12,14,17,20,22H,4,7,13H2,1-2H3. The van der Waals surface area contributed by atoms with Crippen molar-refractivity contribution in [1.29, 1.82) is 0 Å². The molecule has 2 aliphatic rings. The van der Waals surface area contributed by atoms with E-state index in [1.807, 2.05) is 23.8 Å². The number of alkyl halides is 3. The number of aryl methyl sites for hydroxylation is 1. The molecule has 5 rings (SSSR count). The minimum absolute atomic E-state index is 0.191. The van der Waals surface area contributed by atoms with Crippen molar-refractivity contribution in [3.63, 3.8) is 0 Å². The normalized spacial score (nSPS) is 22.0. The number of rotatable bonds is 5. The maximum Gasteiger partial charge on any atom is 0.406 e. The summed E-state index contributed by atoms with van der Waals surface area (Å²) in [6.07, 6.45) is 4.67. The molecule has 1 amide bonds. The average Bonchev–Trinajstić information content (AvgIpc) is 3.49. The highest BCUT2D eigenvalue weighted by molar-refractivity contribution is 5.81. The SMILES string of the molecule is COc1cc(-c2cn(C3CCC4C=C(F)C=CC4N(CC(F)(F)F)C3=O)nn2)ccc1-n1cnc(C)c1. The van der Waals surface area contributed by atoms with E-state index in [0.29, 0.717) is 23.4 Å². The van der Waals surface area contributed by atoms with Gasteiger partial charge in [-0.15, -0.1) is 5.10 Å². The van der Waals surface area contributed by atoms with Crippen molar-refractivity contribution in [2.75, 3.05) is 13.7 Å². The van der Waals surface area contributed by atoms with Gasteiger partial charge in [-0.2, -0.15) is 13.2 Å². The number of hydrogen-bond acceptors (Lipinski definition) is 5. The molecule has 0 saturated carbocycles. The van der Waals surface area contributed by atoms with Gasteiger partial charge in [-0.25, -0.2) is 14.1 Å². The van der Waals surface area contributed by atoms with Gasteiger partial charge in [0.2, 0.25) is 5.91 Å². The third-order valence-electron chi connectivity index (χ3n) is 6.61. The Morgan fingerprint density at radius 3 is 2.70 bits per heavy atom. The molecule has 8 nitrogen and oxygen atoms in total. The molecule has 2 aromatic heterocycles. The molecular formula is C25H24F4N6O2. The summed E-state index contributed by atoms with van der Waals surface area (Å²) < 4.78 is 62.7. The van der Waals surface area contributed by atoms with E-state index in [9.17, 15) is 22.4 Å². The van der Waals surface area contributed by atoms with Crippen LogP contribution in [-0.4, -0.2) is 61.2 Å². The van der Waals surface area contributed by atoms with E-state index in [2.05, 4.69) is 15.3 Å². The summed E-state index contributed by atoms with van der Waals surface area (Å²) >= 11 is 0. The van der Waals surface area contributed by atoms with Crippen molar-refractivity contribution in [2.45, 2.75) is 38.0 Å². The highest BCUT2D eigenvalue weighted by Gasteiger charge is 2.44. The zero-order valence-corrected chi connectivity index (χ0v) is 20.1. The smallest absolute Gasteiger partial charge is 0.406 e. The van der Waals surface area contributed by atoms with Crippen LogP contribution in [0.4, 0.5) is 17.6 Å². The lowest BCUT2D eigenvalue weighted by Crippen LogP contribution is -2.48. The van der Waals surface area contributed by atoms with Gasteiger partial charge in [0.15, 0.2) is 0 Å². The summed E-state index contributed by atoms with van der Waals surface area (Å²) in [5.74, 6) is -1.26. The van der Waals surface area contributed by atoms with Gasteiger partial charge >= 0.3 is 6.18 Å². The predicted octanol–water partition coefficient (Wildman–Crippen LogP) is 4.58. The number of methoxy groups -OCH3 is 1. The summed E-state index contributed by atoms with van der Waals surface area (Å²) in [4.78, 5) is 18.4. The first-order valence-electron chi connectivity index (χ1n) is 11.7. The molecule has 1 aliphatic carbocycles. The number of allylic oxidation sites excluding steroid dienone is 2. The van der Waals surface area contributed by atoms with Crippen molar-refractivity contribution in [1.82, 2.24) is 29.4 Å². The van der Waals surface area contributed by atoms with E-state index in [4.69, 9.17) is 4.74 Å². The van der Waals surface area contributed by atoms with Gasteiger partial charge in [-0.3, -0.25) is 4.79 Å². The third-order valence-corrected chi connectivity index (χ3v) is 6.61. The summed E-state index contributed by atoms with van der Waals surface area (Å²) in [5, 5.41) is 8.26. The lowest BCUT2D eigenvalue weighted by atomic mass is 9.90. The summed E-state index contributed by atoms with van der Waals surface area (Å²) in [6, 6.07) is 3.50. The fourth-order valence-corrected chi connectivity index (χ4v) is 4.88. The van der Waals surface area contributed by atoms with Gasteiger partial charge in [-0.1, -0.05) is 17.4 Å².